The van der Waals surface area contributed by atoms with Crippen LogP contribution in [0.25, 0.3) is 33.2 Å². The standard InChI is InChI=1S/C29H22N6O2/c1-2-26(36)33-21-9-7-8-18(15-21)24-16-19(14-20-17-32-29(30)35-27(20)24)22-10-3-4-11-23(22)28(37)34-25-12-5-6-13-31-25/h2-17H,1H2,(H,33,36)(H2,30,32,35)(H,31,34,37). The maximum absolute atomic E-state index is 13.2. The summed E-state index contributed by atoms with van der Waals surface area (Å²) in [5.74, 6) is 0.0188. The van der Waals surface area contributed by atoms with Gasteiger partial charge in [0.1, 0.15) is 5.82 Å². The molecule has 0 radical (unpaired) electrons. The van der Waals surface area contributed by atoms with Crippen LogP contribution in [0.15, 0.2) is 104 Å². The topological polar surface area (TPSA) is 123 Å². The number of aromatic nitrogens is 3. The van der Waals surface area contributed by atoms with Crippen LogP contribution in [0, 0.1) is 0 Å². The highest BCUT2D eigenvalue weighted by Gasteiger charge is 2.17. The summed E-state index contributed by atoms with van der Waals surface area (Å²) < 4.78 is 0. The Morgan fingerprint density at radius 2 is 1.68 bits per heavy atom. The predicted octanol–water partition coefficient (Wildman–Crippen LogP) is 5.32. The summed E-state index contributed by atoms with van der Waals surface area (Å²) in [5.41, 5.74) is 10.8. The van der Waals surface area contributed by atoms with E-state index in [-0.39, 0.29) is 17.8 Å². The SMILES string of the molecule is C=CC(=O)Nc1cccc(-c2cc(-c3ccccc3C(=O)Nc3ccccn3)cc3cnc(N)nc23)c1. The Balaban J connectivity index is 1.64. The maximum Gasteiger partial charge on any atom is 0.257 e. The Kier molecular flexibility index (Phi) is 6.37. The molecule has 4 N–H and O–H groups in total. The van der Waals surface area contributed by atoms with Crippen LogP contribution in [0.1, 0.15) is 10.4 Å². The van der Waals surface area contributed by atoms with E-state index in [1.54, 1.807) is 42.7 Å². The highest BCUT2D eigenvalue weighted by Crippen LogP contribution is 2.35. The summed E-state index contributed by atoms with van der Waals surface area (Å²) in [6, 6.07) is 23.9. The molecule has 5 aromatic rings. The number of pyridine rings is 1. The number of fused-ring (bicyclic) bond motifs is 1. The zero-order valence-corrected chi connectivity index (χ0v) is 19.7. The minimum atomic E-state index is -0.310. The first-order chi connectivity index (χ1) is 18.0. The highest BCUT2D eigenvalue weighted by atomic mass is 16.2. The van der Waals surface area contributed by atoms with E-state index in [2.05, 4.69) is 32.2 Å². The van der Waals surface area contributed by atoms with Gasteiger partial charge in [0.2, 0.25) is 11.9 Å². The molecule has 2 amide bonds. The van der Waals surface area contributed by atoms with Crippen LogP contribution in [0.5, 0.6) is 0 Å². The minimum absolute atomic E-state index is 0.146. The fourth-order valence-electron chi connectivity index (χ4n) is 4.05. The van der Waals surface area contributed by atoms with Crippen molar-refractivity contribution in [2.45, 2.75) is 0 Å². The van der Waals surface area contributed by atoms with Crippen LogP contribution < -0.4 is 16.4 Å². The van der Waals surface area contributed by atoms with Gasteiger partial charge in [0.15, 0.2) is 0 Å². The Labute approximate surface area is 212 Å². The van der Waals surface area contributed by atoms with Crippen molar-refractivity contribution in [3.63, 3.8) is 0 Å². The number of carbonyl (C=O) groups is 2. The molecular formula is C29H22N6O2. The number of benzene rings is 3. The molecule has 0 bridgehead atoms. The fraction of sp³-hybridized carbons (Fsp3) is 0. The van der Waals surface area contributed by atoms with Crippen LogP contribution in [-0.4, -0.2) is 26.8 Å². The molecule has 2 aromatic heterocycles. The Hall–Kier alpha value is -5.37. The molecule has 0 aliphatic heterocycles. The van der Waals surface area contributed by atoms with Gasteiger partial charge in [-0.1, -0.05) is 43.0 Å². The van der Waals surface area contributed by atoms with Crippen LogP contribution in [0.2, 0.25) is 0 Å². The number of rotatable bonds is 6. The van der Waals surface area contributed by atoms with E-state index in [1.807, 2.05) is 48.5 Å². The van der Waals surface area contributed by atoms with Crippen LogP contribution >= 0.6 is 0 Å². The first-order valence-corrected chi connectivity index (χ1v) is 11.4. The molecule has 0 aliphatic rings. The zero-order valence-electron chi connectivity index (χ0n) is 19.7. The van der Waals surface area contributed by atoms with Crippen LogP contribution in [0.3, 0.4) is 0 Å². The predicted molar refractivity (Wildman–Crippen MR) is 146 cm³/mol. The average molecular weight is 487 g/mol. The number of hydrogen-bond donors (Lipinski definition) is 3. The third kappa shape index (κ3) is 5.03. The molecule has 5 rings (SSSR count). The molecule has 2 heterocycles. The molecular weight excluding hydrogens is 464 g/mol. The third-order valence-electron chi connectivity index (χ3n) is 5.72. The molecule has 3 aromatic carbocycles. The quantitative estimate of drug-likeness (QED) is 0.279. The monoisotopic (exact) mass is 486 g/mol. The van der Waals surface area contributed by atoms with Gasteiger partial charge in [0, 0.05) is 34.6 Å². The number of nitrogens with zero attached hydrogens (tertiary/aromatic N) is 3. The number of hydrogen-bond acceptors (Lipinski definition) is 6. The van der Waals surface area contributed by atoms with Crippen molar-refractivity contribution in [2.75, 3.05) is 16.4 Å². The van der Waals surface area contributed by atoms with Gasteiger partial charge in [-0.3, -0.25) is 9.59 Å². The summed E-state index contributed by atoms with van der Waals surface area (Å²) in [5, 5.41) is 6.38. The Morgan fingerprint density at radius 1 is 0.838 bits per heavy atom. The van der Waals surface area contributed by atoms with Gasteiger partial charge < -0.3 is 16.4 Å². The molecule has 0 unspecified atom stereocenters. The molecule has 0 saturated heterocycles. The van der Waals surface area contributed by atoms with Gasteiger partial charge in [-0.25, -0.2) is 15.0 Å². The molecule has 37 heavy (non-hydrogen) atoms. The molecule has 0 saturated carbocycles. The molecule has 0 spiro atoms. The first-order valence-electron chi connectivity index (χ1n) is 11.4. The van der Waals surface area contributed by atoms with E-state index in [4.69, 9.17) is 5.73 Å². The number of nitrogen functional groups attached to an aromatic ring is 1. The molecule has 180 valence electrons. The lowest BCUT2D eigenvalue weighted by Crippen LogP contribution is -2.14. The van der Waals surface area contributed by atoms with E-state index in [0.717, 1.165) is 27.6 Å². The largest absolute Gasteiger partial charge is 0.368 e. The lowest BCUT2D eigenvalue weighted by molar-refractivity contribution is -0.111. The Bertz CT molecular complexity index is 1650. The van der Waals surface area contributed by atoms with Crippen LogP contribution in [0.4, 0.5) is 17.5 Å². The van der Waals surface area contributed by atoms with Crippen molar-refractivity contribution < 1.29 is 9.59 Å². The average Bonchev–Trinajstić information content (AvgIpc) is 2.93. The van der Waals surface area contributed by atoms with Gasteiger partial charge in [-0.15, -0.1) is 0 Å². The van der Waals surface area contributed by atoms with Crippen molar-refractivity contribution in [3.05, 3.63) is 109 Å². The van der Waals surface area contributed by atoms with Gasteiger partial charge in [-0.05, 0) is 65.2 Å². The Morgan fingerprint density at radius 3 is 2.49 bits per heavy atom. The van der Waals surface area contributed by atoms with Crippen molar-refractivity contribution in [1.29, 1.82) is 0 Å². The smallest absolute Gasteiger partial charge is 0.257 e. The van der Waals surface area contributed by atoms with Crippen molar-refractivity contribution in [2.24, 2.45) is 0 Å². The highest BCUT2D eigenvalue weighted by molar-refractivity contribution is 6.09. The molecule has 0 aliphatic carbocycles. The van der Waals surface area contributed by atoms with E-state index in [1.165, 1.54) is 6.08 Å². The fourth-order valence-corrected chi connectivity index (χ4v) is 4.05. The number of carbonyl (C=O) groups excluding carboxylic acids is 2. The minimum Gasteiger partial charge on any atom is -0.368 e. The normalized spacial score (nSPS) is 10.6. The van der Waals surface area contributed by atoms with Crippen molar-refractivity contribution in [1.82, 2.24) is 15.0 Å². The molecule has 8 nitrogen and oxygen atoms in total. The number of nitrogens with one attached hydrogen (secondary N) is 2. The van der Waals surface area contributed by atoms with E-state index in [9.17, 15) is 9.59 Å². The van der Waals surface area contributed by atoms with Gasteiger partial charge in [0.05, 0.1) is 5.52 Å². The molecule has 0 fully saturated rings. The lowest BCUT2D eigenvalue weighted by atomic mass is 9.93. The number of nitrogens with two attached hydrogens (primary N) is 1. The third-order valence-corrected chi connectivity index (χ3v) is 5.72. The van der Waals surface area contributed by atoms with E-state index < -0.39 is 0 Å². The summed E-state index contributed by atoms with van der Waals surface area (Å²) in [6.07, 6.45) is 4.49. The van der Waals surface area contributed by atoms with Gasteiger partial charge in [0.25, 0.3) is 5.91 Å². The van der Waals surface area contributed by atoms with Crippen molar-refractivity contribution in [3.8, 4) is 22.3 Å². The second-order valence-corrected chi connectivity index (χ2v) is 8.18. The van der Waals surface area contributed by atoms with Crippen molar-refractivity contribution >= 4 is 40.2 Å². The molecule has 0 atom stereocenters. The second-order valence-electron chi connectivity index (χ2n) is 8.18. The second kappa shape index (κ2) is 10.1. The van der Waals surface area contributed by atoms with Gasteiger partial charge >= 0.3 is 0 Å². The maximum atomic E-state index is 13.2. The first kappa shape index (κ1) is 23.4. The summed E-state index contributed by atoms with van der Waals surface area (Å²) in [6.45, 7) is 3.50. The van der Waals surface area contributed by atoms with E-state index in [0.29, 0.717) is 22.6 Å². The summed E-state index contributed by atoms with van der Waals surface area (Å²) in [7, 11) is 0. The summed E-state index contributed by atoms with van der Waals surface area (Å²) >= 11 is 0. The molecule has 8 heteroatoms. The number of amides is 2. The summed E-state index contributed by atoms with van der Waals surface area (Å²) in [4.78, 5) is 37.9. The van der Waals surface area contributed by atoms with Gasteiger partial charge in [-0.2, -0.15) is 0 Å². The lowest BCUT2D eigenvalue weighted by Gasteiger charge is -2.14. The zero-order chi connectivity index (χ0) is 25.8. The van der Waals surface area contributed by atoms with E-state index >= 15 is 0 Å². The van der Waals surface area contributed by atoms with Crippen LogP contribution in [-0.2, 0) is 4.79 Å². The number of anilines is 3.